The van der Waals surface area contributed by atoms with Gasteiger partial charge in [0, 0.05) is 17.7 Å². The monoisotopic (exact) mass is 546 g/mol. The van der Waals surface area contributed by atoms with E-state index in [1.807, 2.05) is 36.4 Å². The van der Waals surface area contributed by atoms with Gasteiger partial charge in [-0.3, -0.25) is 14.9 Å². The minimum absolute atomic E-state index is 0.00872. The Kier molecular flexibility index (Phi) is 6.70. The van der Waals surface area contributed by atoms with E-state index in [-0.39, 0.29) is 23.7 Å². The molecule has 0 saturated carbocycles. The zero-order valence-electron chi connectivity index (χ0n) is 21.8. The molecule has 41 heavy (non-hydrogen) atoms. The minimum atomic E-state index is -0.448. The number of hydrogen-bond acceptors (Lipinski definition) is 8. The van der Waals surface area contributed by atoms with Gasteiger partial charge < -0.3 is 13.9 Å². The summed E-state index contributed by atoms with van der Waals surface area (Å²) in [7, 11) is 1.58. The van der Waals surface area contributed by atoms with Crippen molar-refractivity contribution in [2.75, 3.05) is 7.11 Å². The highest BCUT2D eigenvalue weighted by Crippen LogP contribution is 2.33. The molecule has 10 nitrogen and oxygen atoms in total. The molecule has 10 heteroatoms. The molecule has 202 valence electrons. The molecule has 6 rings (SSSR count). The van der Waals surface area contributed by atoms with Gasteiger partial charge in [-0.15, -0.1) is 0 Å². The average molecular weight is 547 g/mol. The summed E-state index contributed by atoms with van der Waals surface area (Å²) in [6.45, 7) is 0.187. The quantitative estimate of drug-likeness (QED) is 0.127. The fourth-order valence-electron chi connectivity index (χ4n) is 4.43. The first kappa shape index (κ1) is 25.5. The van der Waals surface area contributed by atoms with Gasteiger partial charge in [-0.2, -0.15) is 9.78 Å². The number of nitro groups is 1. The van der Waals surface area contributed by atoms with Crippen LogP contribution < -0.4 is 15.0 Å². The van der Waals surface area contributed by atoms with Crippen molar-refractivity contribution in [3.63, 3.8) is 0 Å². The van der Waals surface area contributed by atoms with Crippen LogP contribution in [-0.2, 0) is 6.61 Å². The van der Waals surface area contributed by atoms with Crippen LogP contribution in [0.2, 0.25) is 0 Å². The SMILES string of the molecule is COc1cccc2oc(-c3nc4ccccc4c(=O)n3N=Cc3ccccc3OCc3ccc([N+](=O)[O-])cc3)cc12. The number of hydrogen-bond donors (Lipinski definition) is 0. The lowest BCUT2D eigenvalue weighted by atomic mass is 10.2. The van der Waals surface area contributed by atoms with Gasteiger partial charge in [0.05, 0.1) is 34.5 Å². The Morgan fingerprint density at radius 3 is 2.51 bits per heavy atom. The largest absolute Gasteiger partial charge is 0.496 e. The molecule has 0 amide bonds. The Morgan fingerprint density at radius 2 is 1.71 bits per heavy atom. The first-order valence-electron chi connectivity index (χ1n) is 12.6. The molecule has 6 aromatic rings. The Morgan fingerprint density at radius 1 is 0.951 bits per heavy atom. The van der Waals surface area contributed by atoms with Crippen molar-refractivity contribution in [2.24, 2.45) is 5.10 Å². The molecule has 0 N–H and O–H groups in total. The number of fused-ring (bicyclic) bond motifs is 2. The summed E-state index contributed by atoms with van der Waals surface area (Å²) in [6, 6.07) is 27.7. The summed E-state index contributed by atoms with van der Waals surface area (Å²) in [5, 5.41) is 16.6. The van der Waals surface area contributed by atoms with Crippen LogP contribution in [0.3, 0.4) is 0 Å². The van der Waals surface area contributed by atoms with Crippen LogP contribution in [0.25, 0.3) is 33.5 Å². The Hall–Kier alpha value is -5.77. The summed E-state index contributed by atoms with van der Waals surface area (Å²) >= 11 is 0. The molecule has 0 unspecified atom stereocenters. The lowest BCUT2D eigenvalue weighted by Crippen LogP contribution is -2.20. The van der Waals surface area contributed by atoms with E-state index in [1.54, 1.807) is 55.6 Å². The van der Waals surface area contributed by atoms with Crippen molar-refractivity contribution >= 4 is 33.8 Å². The zero-order chi connectivity index (χ0) is 28.3. The number of furan rings is 1. The number of aromatic nitrogens is 2. The average Bonchev–Trinajstić information content (AvgIpc) is 3.45. The van der Waals surface area contributed by atoms with Crippen molar-refractivity contribution < 1.29 is 18.8 Å². The van der Waals surface area contributed by atoms with E-state index < -0.39 is 4.92 Å². The summed E-state index contributed by atoms with van der Waals surface area (Å²) in [6.07, 6.45) is 1.52. The van der Waals surface area contributed by atoms with Crippen LogP contribution in [0.5, 0.6) is 11.5 Å². The van der Waals surface area contributed by atoms with Crippen molar-refractivity contribution in [2.45, 2.75) is 6.61 Å². The summed E-state index contributed by atoms with van der Waals surface area (Å²) in [5.41, 5.74) is 2.13. The third-order valence-electron chi connectivity index (χ3n) is 6.49. The molecule has 0 aliphatic rings. The molecule has 0 radical (unpaired) electrons. The maximum Gasteiger partial charge on any atom is 0.282 e. The Bertz CT molecular complexity index is 1990. The second kappa shape index (κ2) is 10.8. The third-order valence-corrected chi connectivity index (χ3v) is 6.49. The second-order valence-corrected chi connectivity index (χ2v) is 9.05. The summed E-state index contributed by atoms with van der Waals surface area (Å²) in [5.74, 6) is 1.74. The molecule has 0 aliphatic heterocycles. The molecular weight excluding hydrogens is 524 g/mol. The summed E-state index contributed by atoms with van der Waals surface area (Å²) < 4.78 is 18.8. The van der Waals surface area contributed by atoms with Gasteiger partial charge in [0.2, 0.25) is 5.82 Å². The van der Waals surface area contributed by atoms with Gasteiger partial charge in [0.25, 0.3) is 11.2 Å². The van der Waals surface area contributed by atoms with E-state index in [0.717, 1.165) is 10.9 Å². The van der Waals surface area contributed by atoms with Crippen molar-refractivity contribution in [3.05, 3.63) is 129 Å². The van der Waals surface area contributed by atoms with E-state index in [0.29, 0.717) is 39.3 Å². The molecule has 4 aromatic carbocycles. The zero-order valence-corrected chi connectivity index (χ0v) is 21.8. The van der Waals surface area contributed by atoms with E-state index in [1.165, 1.54) is 23.0 Å². The van der Waals surface area contributed by atoms with Gasteiger partial charge in [-0.1, -0.05) is 30.3 Å². The van der Waals surface area contributed by atoms with Gasteiger partial charge in [-0.05, 0) is 60.2 Å². The number of nitrogens with zero attached hydrogens (tertiary/aromatic N) is 4. The Balaban J connectivity index is 1.39. The van der Waals surface area contributed by atoms with Gasteiger partial charge in [0.1, 0.15) is 23.7 Å². The minimum Gasteiger partial charge on any atom is -0.496 e. The smallest absolute Gasteiger partial charge is 0.282 e. The lowest BCUT2D eigenvalue weighted by molar-refractivity contribution is -0.384. The number of rotatable bonds is 8. The van der Waals surface area contributed by atoms with Crippen LogP contribution >= 0.6 is 0 Å². The van der Waals surface area contributed by atoms with E-state index >= 15 is 0 Å². The van der Waals surface area contributed by atoms with E-state index in [9.17, 15) is 14.9 Å². The van der Waals surface area contributed by atoms with Crippen LogP contribution in [0.15, 0.2) is 111 Å². The number of non-ortho nitro benzene ring substituents is 1. The highest BCUT2D eigenvalue weighted by Gasteiger charge is 2.18. The van der Waals surface area contributed by atoms with E-state index in [4.69, 9.17) is 18.9 Å². The highest BCUT2D eigenvalue weighted by atomic mass is 16.6. The van der Waals surface area contributed by atoms with Gasteiger partial charge in [0.15, 0.2) is 5.76 Å². The maximum absolute atomic E-state index is 13.6. The Labute approximate surface area is 232 Å². The van der Waals surface area contributed by atoms with Crippen molar-refractivity contribution in [1.82, 2.24) is 9.66 Å². The van der Waals surface area contributed by atoms with Crippen molar-refractivity contribution in [3.8, 4) is 23.1 Å². The fourth-order valence-corrected chi connectivity index (χ4v) is 4.43. The molecule has 2 aromatic heterocycles. The predicted octanol–water partition coefficient (Wildman–Crippen LogP) is 6.19. The van der Waals surface area contributed by atoms with Crippen molar-refractivity contribution in [1.29, 1.82) is 0 Å². The first-order chi connectivity index (χ1) is 20.0. The highest BCUT2D eigenvalue weighted by molar-refractivity contribution is 5.89. The normalized spacial score (nSPS) is 11.3. The topological polar surface area (TPSA) is 122 Å². The molecule has 0 bridgehead atoms. The van der Waals surface area contributed by atoms with Gasteiger partial charge in [-0.25, -0.2) is 4.98 Å². The number of nitro benzene ring substituents is 1. The number of benzene rings is 4. The van der Waals surface area contributed by atoms with Crippen LogP contribution in [0, 0.1) is 10.1 Å². The molecular formula is C31H22N4O6. The molecule has 2 heterocycles. The fraction of sp³-hybridized carbons (Fsp3) is 0.0645. The predicted molar refractivity (Wildman–Crippen MR) is 155 cm³/mol. The number of para-hydroxylation sites is 2. The third kappa shape index (κ3) is 5.01. The van der Waals surface area contributed by atoms with Crippen LogP contribution in [0.4, 0.5) is 5.69 Å². The second-order valence-electron chi connectivity index (χ2n) is 9.05. The number of methoxy groups -OCH3 is 1. The maximum atomic E-state index is 13.6. The molecule has 0 saturated heterocycles. The number of ether oxygens (including phenoxy) is 2. The molecule has 0 fully saturated rings. The molecule has 0 spiro atoms. The molecule has 0 aliphatic carbocycles. The van der Waals surface area contributed by atoms with E-state index in [2.05, 4.69) is 5.10 Å². The van der Waals surface area contributed by atoms with Crippen LogP contribution in [0.1, 0.15) is 11.1 Å². The van der Waals surface area contributed by atoms with Gasteiger partial charge >= 0.3 is 0 Å². The lowest BCUT2D eigenvalue weighted by Gasteiger charge is -2.10. The first-order valence-corrected chi connectivity index (χ1v) is 12.6. The standard InChI is InChI=1S/C31H22N4O6/c1-39-27-11-6-12-28-24(27)17-29(41-28)30-33-25-9-4-3-8-23(25)31(36)34(30)32-18-21-7-2-5-10-26(21)40-19-20-13-15-22(16-14-20)35(37)38/h2-18H,19H2,1H3. The summed E-state index contributed by atoms with van der Waals surface area (Å²) in [4.78, 5) is 28.8. The van der Waals surface area contributed by atoms with Crippen LogP contribution in [-0.4, -0.2) is 27.9 Å². The molecule has 0 atom stereocenters.